The first-order chi connectivity index (χ1) is 16.4. The first kappa shape index (κ1) is 27.5. The van der Waals surface area contributed by atoms with Crippen LogP contribution in [0, 0.1) is 10.1 Å². The van der Waals surface area contributed by atoms with Gasteiger partial charge in [-0.2, -0.15) is 0 Å². The van der Waals surface area contributed by atoms with Crippen LogP contribution in [0.5, 0.6) is 5.75 Å². The molecule has 2 unspecified atom stereocenters. The lowest BCUT2D eigenvalue weighted by molar-refractivity contribution is -0.387. The molecular weight excluding hydrogens is 474 g/mol. The molecule has 2 rings (SSSR count). The Morgan fingerprint density at radius 2 is 1.51 bits per heavy atom. The Bertz CT molecular complexity index is 978. The highest BCUT2D eigenvalue weighted by Gasteiger charge is 2.53. The molecule has 0 aromatic heterocycles. The number of aliphatic hydroxyl groups is 1. The van der Waals surface area contributed by atoms with Gasteiger partial charge in [-0.05, 0) is 11.6 Å². The number of rotatable bonds is 9. The highest BCUT2D eigenvalue weighted by molar-refractivity contribution is 5.68. The van der Waals surface area contributed by atoms with Crippen molar-refractivity contribution in [1.82, 2.24) is 0 Å². The van der Waals surface area contributed by atoms with E-state index in [9.17, 15) is 34.4 Å². The third-order valence-corrected chi connectivity index (χ3v) is 4.59. The summed E-state index contributed by atoms with van der Waals surface area (Å²) in [4.78, 5) is 57.6. The molecule has 1 aromatic rings. The number of carbonyl (C=O) groups is 4. The Hall–Kier alpha value is -3.78. The van der Waals surface area contributed by atoms with Gasteiger partial charge in [0, 0.05) is 33.8 Å². The molecule has 1 aliphatic rings. The minimum atomic E-state index is -1.63. The monoisotopic (exact) mass is 499 g/mol. The predicted octanol–water partition coefficient (Wildman–Crippen LogP) is 0.549. The van der Waals surface area contributed by atoms with Gasteiger partial charge in [-0.15, -0.1) is 0 Å². The van der Waals surface area contributed by atoms with E-state index in [1.54, 1.807) is 0 Å². The maximum Gasteiger partial charge on any atom is 0.311 e. The Kier molecular flexibility index (Phi) is 9.48. The summed E-state index contributed by atoms with van der Waals surface area (Å²) in [5.41, 5.74) is -0.310. The molecule has 0 amide bonds. The fourth-order valence-corrected chi connectivity index (χ4v) is 3.31. The Morgan fingerprint density at radius 1 is 0.943 bits per heavy atom. The average molecular weight is 499 g/mol. The molecule has 0 bridgehead atoms. The molecular formula is C21H25NO13. The number of nitro groups is 1. The van der Waals surface area contributed by atoms with Gasteiger partial charge in [-0.1, -0.05) is 6.07 Å². The van der Waals surface area contributed by atoms with Gasteiger partial charge in [0.2, 0.25) is 12.4 Å². The van der Waals surface area contributed by atoms with E-state index in [4.69, 9.17) is 28.4 Å². The van der Waals surface area contributed by atoms with Crippen molar-refractivity contribution >= 4 is 29.6 Å². The number of aliphatic hydroxyl groups excluding tert-OH is 1. The summed E-state index contributed by atoms with van der Waals surface area (Å²) >= 11 is 0. The smallest absolute Gasteiger partial charge is 0.311 e. The van der Waals surface area contributed by atoms with Gasteiger partial charge in [-0.3, -0.25) is 29.3 Å². The van der Waals surface area contributed by atoms with E-state index in [0.717, 1.165) is 33.8 Å². The summed E-state index contributed by atoms with van der Waals surface area (Å²) in [7, 11) is 0. The molecule has 1 heterocycles. The molecule has 1 fully saturated rings. The maximum absolute atomic E-state index is 11.8. The summed E-state index contributed by atoms with van der Waals surface area (Å²) in [6.07, 6.45) is -7.34. The van der Waals surface area contributed by atoms with Crippen LogP contribution >= 0.6 is 0 Å². The fraction of sp³-hybridized carbons (Fsp3) is 0.524. The van der Waals surface area contributed by atoms with Crippen LogP contribution in [0.3, 0.4) is 0 Å². The van der Waals surface area contributed by atoms with Crippen LogP contribution in [0.1, 0.15) is 33.3 Å². The summed E-state index contributed by atoms with van der Waals surface area (Å²) in [5, 5.41) is 20.8. The first-order valence-corrected chi connectivity index (χ1v) is 10.3. The highest BCUT2D eigenvalue weighted by Crippen LogP contribution is 2.34. The lowest BCUT2D eigenvalue weighted by Gasteiger charge is -2.43. The van der Waals surface area contributed by atoms with Crippen molar-refractivity contribution in [1.29, 1.82) is 0 Å². The van der Waals surface area contributed by atoms with Crippen molar-refractivity contribution in [3.63, 3.8) is 0 Å². The molecule has 1 N–H and O–H groups in total. The molecule has 0 saturated carbocycles. The SMILES string of the molecule is CC(=O)OCC1O[C@@H](Oc2ccc(CO)cc2[N+](=O)[O-])[C@@H](OC(C)=O)C(OC(C)=O)[C@H]1OC(C)=O. The molecule has 1 aromatic carbocycles. The van der Waals surface area contributed by atoms with Crippen LogP contribution < -0.4 is 4.74 Å². The van der Waals surface area contributed by atoms with E-state index in [-0.39, 0.29) is 11.3 Å². The van der Waals surface area contributed by atoms with Gasteiger partial charge in [0.15, 0.2) is 18.0 Å². The van der Waals surface area contributed by atoms with Crippen molar-refractivity contribution in [2.24, 2.45) is 0 Å². The van der Waals surface area contributed by atoms with E-state index in [1.165, 1.54) is 12.1 Å². The van der Waals surface area contributed by atoms with Crippen molar-refractivity contribution in [2.45, 2.75) is 65.0 Å². The van der Waals surface area contributed by atoms with Crippen LogP contribution in [0.2, 0.25) is 0 Å². The van der Waals surface area contributed by atoms with Crippen LogP contribution in [-0.4, -0.2) is 71.2 Å². The number of benzene rings is 1. The van der Waals surface area contributed by atoms with Gasteiger partial charge in [0.25, 0.3) is 0 Å². The second-order valence-electron chi connectivity index (χ2n) is 7.40. The molecule has 5 atom stereocenters. The normalized spacial score (nSPS) is 23.5. The summed E-state index contributed by atoms with van der Waals surface area (Å²) < 4.78 is 32.1. The van der Waals surface area contributed by atoms with Crippen LogP contribution in [-0.2, 0) is 49.5 Å². The second-order valence-corrected chi connectivity index (χ2v) is 7.40. The van der Waals surface area contributed by atoms with Crippen molar-refractivity contribution < 1.29 is 57.6 Å². The van der Waals surface area contributed by atoms with Crippen LogP contribution in [0.15, 0.2) is 18.2 Å². The van der Waals surface area contributed by atoms with Crippen molar-refractivity contribution in [3.8, 4) is 5.75 Å². The van der Waals surface area contributed by atoms with Crippen LogP contribution in [0.25, 0.3) is 0 Å². The number of esters is 4. The van der Waals surface area contributed by atoms with E-state index >= 15 is 0 Å². The number of hydrogen-bond donors (Lipinski definition) is 1. The first-order valence-electron chi connectivity index (χ1n) is 10.3. The zero-order chi connectivity index (χ0) is 26.3. The predicted molar refractivity (Wildman–Crippen MR) is 112 cm³/mol. The molecule has 0 aliphatic carbocycles. The second kappa shape index (κ2) is 12.1. The van der Waals surface area contributed by atoms with Crippen molar-refractivity contribution in [3.05, 3.63) is 33.9 Å². The molecule has 35 heavy (non-hydrogen) atoms. The molecule has 0 radical (unpaired) electrons. The zero-order valence-corrected chi connectivity index (χ0v) is 19.3. The Labute approximate surface area is 199 Å². The van der Waals surface area contributed by atoms with Gasteiger partial charge >= 0.3 is 29.6 Å². The van der Waals surface area contributed by atoms with Gasteiger partial charge < -0.3 is 33.5 Å². The quantitative estimate of drug-likeness (QED) is 0.215. The minimum Gasteiger partial charge on any atom is -0.463 e. The molecule has 14 nitrogen and oxygen atoms in total. The maximum atomic E-state index is 11.8. The average Bonchev–Trinajstić information content (AvgIpc) is 2.75. The Balaban J connectivity index is 2.55. The number of nitro benzene ring substituents is 1. The van der Waals surface area contributed by atoms with E-state index < -0.39 is 78.4 Å². The standard InChI is InChI=1S/C21H25NO13/c1-10(24)30-9-17-18(31-11(2)25)19(32-12(3)26)20(33-13(4)27)21(35-17)34-16-6-5-14(8-23)7-15(16)22(28)29/h5-7,17-21,23H,8-9H2,1-4H3/t17?,18-,19?,20-,21+/m0/s1. The van der Waals surface area contributed by atoms with Gasteiger partial charge in [0.1, 0.15) is 12.7 Å². The molecule has 14 heteroatoms. The summed E-state index contributed by atoms with van der Waals surface area (Å²) in [6, 6.07) is 3.62. The lowest BCUT2D eigenvalue weighted by atomic mass is 9.98. The number of ether oxygens (including phenoxy) is 6. The van der Waals surface area contributed by atoms with E-state index in [2.05, 4.69) is 0 Å². The molecule has 192 valence electrons. The number of carbonyl (C=O) groups excluding carboxylic acids is 4. The minimum absolute atomic E-state index is 0.227. The molecule has 0 spiro atoms. The fourth-order valence-electron chi connectivity index (χ4n) is 3.31. The van der Waals surface area contributed by atoms with Gasteiger partial charge in [-0.25, -0.2) is 0 Å². The number of hydrogen-bond acceptors (Lipinski definition) is 13. The van der Waals surface area contributed by atoms with E-state index in [1.807, 2.05) is 0 Å². The zero-order valence-electron chi connectivity index (χ0n) is 19.3. The number of nitrogens with zero attached hydrogens (tertiary/aromatic N) is 1. The third-order valence-electron chi connectivity index (χ3n) is 4.59. The lowest BCUT2D eigenvalue weighted by Crippen LogP contribution is -2.63. The molecule has 1 saturated heterocycles. The van der Waals surface area contributed by atoms with Gasteiger partial charge in [0.05, 0.1) is 11.5 Å². The molecule has 1 aliphatic heterocycles. The van der Waals surface area contributed by atoms with Crippen molar-refractivity contribution in [2.75, 3.05) is 6.61 Å². The Morgan fingerprint density at radius 3 is 2.03 bits per heavy atom. The summed E-state index contributed by atoms with van der Waals surface area (Å²) in [6.45, 7) is 3.34. The highest BCUT2D eigenvalue weighted by atomic mass is 16.7. The van der Waals surface area contributed by atoms with Crippen LogP contribution in [0.4, 0.5) is 5.69 Å². The summed E-state index contributed by atoms with van der Waals surface area (Å²) in [5.74, 6) is -3.52. The van der Waals surface area contributed by atoms with E-state index in [0.29, 0.717) is 0 Å². The third kappa shape index (κ3) is 7.61. The topological polar surface area (TPSA) is 187 Å². The largest absolute Gasteiger partial charge is 0.463 e.